The molecule has 172 valence electrons. The molecule has 0 radical (unpaired) electrons. The van der Waals surface area contributed by atoms with Crippen LogP contribution in [0.15, 0.2) is 12.4 Å². The van der Waals surface area contributed by atoms with Gasteiger partial charge in [-0.1, -0.05) is 50.9 Å². The molecule has 2 aromatic heterocycles. The summed E-state index contributed by atoms with van der Waals surface area (Å²) in [5.74, 6) is 0.00741. The van der Waals surface area contributed by atoms with Gasteiger partial charge in [-0.25, -0.2) is 9.36 Å². The molecule has 0 aliphatic heterocycles. The van der Waals surface area contributed by atoms with Crippen LogP contribution in [-0.2, 0) is 11.0 Å². The zero-order chi connectivity index (χ0) is 22.3. The van der Waals surface area contributed by atoms with Crippen molar-refractivity contribution in [2.24, 2.45) is 5.92 Å². The van der Waals surface area contributed by atoms with Crippen LogP contribution in [0.25, 0.3) is 0 Å². The lowest BCUT2D eigenvalue weighted by atomic mass is 9.74. The van der Waals surface area contributed by atoms with Crippen molar-refractivity contribution < 1.29 is 17.6 Å². The summed E-state index contributed by atoms with van der Waals surface area (Å²) >= 11 is 12.4. The smallest absolute Gasteiger partial charge is 0.302 e. The number of halogens is 7. The lowest BCUT2D eigenvalue weighted by Gasteiger charge is -2.42. The Kier molecular flexibility index (Phi) is 8.67. The van der Waals surface area contributed by atoms with Crippen molar-refractivity contribution in [1.29, 1.82) is 0 Å². The summed E-state index contributed by atoms with van der Waals surface area (Å²) in [5, 5.41) is 11.5. The predicted molar refractivity (Wildman–Crippen MR) is 112 cm³/mol. The van der Waals surface area contributed by atoms with Crippen LogP contribution in [0.2, 0.25) is 10.0 Å². The summed E-state index contributed by atoms with van der Waals surface area (Å²) in [4.78, 5) is 0. The molecular formula is C18H26Cl3F4N5. The van der Waals surface area contributed by atoms with E-state index in [-0.39, 0.29) is 40.1 Å². The van der Waals surface area contributed by atoms with E-state index in [0.717, 1.165) is 12.4 Å². The number of rotatable bonds is 8. The van der Waals surface area contributed by atoms with Crippen LogP contribution in [0.1, 0.15) is 66.0 Å². The molecule has 30 heavy (non-hydrogen) atoms. The van der Waals surface area contributed by atoms with Crippen molar-refractivity contribution in [3.8, 4) is 0 Å². The van der Waals surface area contributed by atoms with E-state index in [4.69, 9.17) is 23.2 Å². The summed E-state index contributed by atoms with van der Waals surface area (Å²) < 4.78 is 53.1. The average molecular weight is 495 g/mol. The van der Waals surface area contributed by atoms with Gasteiger partial charge in [0.1, 0.15) is 5.69 Å². The Morgan fingerprint density at radius 2 is 1.27 bits per heavy atom. The van der Waals surface area contributed by atoms with E-state index >= 15 is 0 Å². The molecule has 0 saturated carbocycles. The highest BCUT2D eigenvalue weighted by Crippen LogP contribution is 2.38. The number of alkyl halides is 4. The molecule has 0 aromatic carbocycles. The highest BCUT2D eigenvalue weighted by atomic mass is 35.5. The summed E-state index contributed by atoms with van der Waals surface area (Å²) in [6.45, 7) is 5.49. The Labute approximate surface area is 189 Å². The minimum absolute atomic E-state index is 0. The molecule has 0 amide bonds. The number of hydrogen-bond donors (Lipinski definition) is 1. The summed E-state index contributed by atoms with van der Waals surface area (Å²) in [7, 11) is 0. The average Bonchev–Trinajstić information content (AvgIpc) is 3.16. The maximum absolute atomic E-state index is 13.1. The quantitative estimate of drug-likeness (QED) is 0.430. The first-order valence-corrected chi connectivity index (χ1v) is 9.78. The Bertz CT molecular complexity index is 849. The number of aromatic nitrogens is 4. The molecule has 1 atom stereocenters. The van der Waals surface area contributed by atoms with Crippen LogP contribution in [0.5, 0.6) is 0 Å². The lowest BCUT2D eigenvalue weighted by Crippen LogP contribution is -2.55. The van der Waals surface area contributed by atoms with Gasteiger partial charge in [-0.2, -0.15) is 27.8 Å². The number of nitrogens with one attached hydrogen (secondary N) is 1. The van der Waals surface area contributed by atoms with Crippen LogP contribution >= 0.6 is 35.6 Å². The number of nitrogens with zero attached hydrogens (tertiary/aromatic N) is 4. The van der Waals surface area contributed by atoms with Gasteiger partial charge in [0.25, 0.3) is 0 Å². The summed E-state index contributed by atoms with van der Waals surface area (Å²) in [6, 6.07) is -0.330. The fraction of sp³-hybridized carbons (Fsp3) is 0.667. The lowest BCUT2D eigenvalue weighted by molar-refractivity contribution is 0.0542. The van der Waals surface area contributed by atoms with Crippen molar-refractivity contribution in [3.63, 3.8) is 0 Å². The maximum atomic E-state index is 13.1. The normalized spacial score (nSPS) is 14.0. The van der Waals surface area contributed by atoms with Crippen LogP contribution in [0, 0.1) is 5.92 Å². The molecule has 2 aromatic rings. The molecule has 0 aliphatic carbocycles. The fourth-order valence-corrected chi connectivity index (χ4v) is 4.34. The van der Waals surface area contributed by atoms with Gasteiger partial charge in [-0.15, -0.1) is 12.4 Å². The van der Waals surface area contributed by atoms with Gasteiger partial charge in [0.2, 0.25) is 0 Å². The van der Waals surface area contributed by atoms with Gasteiger partial charge in [0.05, 0.1) is 21.3 Å². The minimum atomic E-state index is -2.81. The SMILES string of the molecule is CC(C)C(NC(C)(C)c1nn(C(F)F)cc1Cl)C(C)(C)c1nn(C(F)F)cc1Cl.Cl. The monoisotopic (exact) mass is 493 g/mol. The highest BCUT2D eigenvalue weighted by Gasteiger charge is 2.42. The van der Waals surface area contributed by atoms with Gasteiger partial charge in [0.15, 0.2) is 0 Å². The molecule has 0 bridgehead atoms. The highest BCUT2D eigenvalue weighted by molar-refractivity contribution is 6.31. The van der Waals surface area contributed by atoms with E-state index in [9.17, 15) is 17.6 Å². The Hall–Kier alpha value is -1.03. The number of hydrogen-bond acceptors (Lipinski definition) is 3. The molecule has 12 heteroatoms. The van der Waals surface area contributed by atoms with Crippen molar-refractivity contribution in [2.75, 3.05) is 0 Å². The fourth-order valence-electron chi connectivity index (χ4n) is 3.58. The van der Waals surface area contributed by atoms with E-state index in [1.54, 1.807) is 13.8 Å². The molecule has 1 unspecified atom stereocenters. The molecule has 2 heterocycles. The van der Waals surface area contributed by atoms with Crippen molar-refractivity contribution in [2.45, 2.75) is 71.6 Å². The molecule has 0 spiro atoms. The topological polar surface area (TPSA) is 47.7 Å². The van der Waals surface area contributed by atoms with Crippen LogP contribution in [0.4, 0.5) is 17.6 Å². The second-order valence-electron chi connectivity index (χ2n) is 8.38. The van der Waals surface area contributed by atoms with Crippen LogP contribution in [-0.4, -0.2) is 25.6 Å². The first-order chi connectivity index (χ1) is 13.2. The molecule has 0 saturated heterocycles. The van der Waals surface area contributed by atoms with E-state index in [1.165, 1.54) is 0 Å². The zero-order valence-electron chi connectivity index (χ0n) is 17.4. The second-order valence-corrected chi connectivity index (χ2v) is 9.19. The van der Waals surface area contributed by atoms with E-state index < -0.39 is 24.1 Å². The Morgan fingerprint density at radius 3 is 1.63 bits per heavy atom. The molecule has 1 N–H and O–H groups in total. The summed E-state index contributed by atoms with van der Waals surface area (Å²) in [5.41, 5.74) is -1.11. The van der Waals surface area contributed by atoms with Gasteiger partial charge in [-0.05, 0) is 19.8 Å². The van der Waals surface area contributed by atoms with Gasteiger partial charge in [-0.3, -0.25) is 0 Å². The molecule has 5 nitrogen and oxygen atoms in total. The van der Waals surface area contributed by atoms with Gasteiger partial charge in [0, 0.05) is 23.9 Å². The van der Waals surface area contributed by atoms with Crippen molar-refractivity contribution in [1.82, 2.24) is 24.9 Å². The second kappa shape index (κ2) is 9.63. The maximum Gasteiger partial charge on any atom is 0.333 e. The third kappa shape index (κ3) is 5.41. The summed E-state index contributed by atoms with van der Waals surface area (Å²) in [6.07, 6.45) is 2.16. The molecular weight excluding hydrogens is 469 g/mol. The van der Waals surface area contributed by atoms with Crippen molar-refractivity contribution in [3.05, 3.63) is 33.8 Å². The minimum Gasteiger partial charge on any atom is -0.302 e. The standard InChI is InChI=1S/C18H25Cl2F4N5.ClH/c1-9(2)12(17(3,4)13-10(19)7-28(26-13)15(21)22)25-18(5,6)14-11(20)8-29(27-14)16(23)24;/h7-9,12,15-16,25H,1-6H3;1H. The van der Waals surface area contributed by atoms with Gasteiger partial charge >= 0.3 is 13.1 Å². The predicted octanol–water partition coefficient (Wildman–Crippen LogP) is 6.43. The third-order valence-corrected chi connectivity index (χ3v) is 5.49. The third-order valence-electron chi connectivity index (χ3n) is 4.94. The molecule has 0 fully saturated rings. The van der Waals surface area contributed by atoms with E-state index in [1.807, 2.05) is 27.7 Å². The van der Waals surface area contributed by atoms with E-state index in [0.29, 0.717) is 15.1 Å². The first kappa shape index (κ1) is 27.0. The van der Waals surface area contributed by atoms with E-state index in [2.05, 4.69) is 15.5 Å². The Morgan fingerprint density at radius 1 is 0.867 bits per heavy atom. The van der Waals surface area contributed by atoms with Crippen LogP contribution in [0.3, 0.4) is 0 Å². The first-order valence-electron chi connectivity index (χ1n) is 9.02. The zero-order valence-corrected chi connectivity index (χ0v) is 19.8. The van der Waals surface area contributed by atoms with Gasteiger partial charge < -0.3 is 5.32 Å². The largest absolute Gasteiger partial charge is 0.333 e. The Balaban J connectivity index is 0.00000450. The van der Waals surface area contributed by atoms with Crippen molar-refractivity contribution >= 4 is 35.6 Å². The molecule has 2 rings (SSSR count). The van der Waals surface area contributed by atoms with Crippen LogP contribution < -0.4 is 5.32 Å². The molecule has 0 aliphatic rings.